The first-order chi connectivity index (χ1) is 29.2. The second-order valence-corrected chi connectivity index (χ2v) is 15.6. The van der Waals surface area contributed by atoms with Gasteiger partial charge in [-0.3, -0.25) is 0 Å². The molecule has 0 bridgehead atoms. The molecule has 1 aromatic heterocycles. The fourth-order valence-electron chi connectivity index (χ4n) is 6.59. The summed E-state index contributed by atoms with van der Waals surface area (Å²) in [6.07, 6.45) is 31.2. The third-order valence-corrected chi connectivity index (χ3v) is 11.3. The minimum Gasteiger partial charge on any atom is -0.368 e. The van der Waals surface area contributed by atoms with Gasteiger partial charge in [-0.1, -0.05) is 167 Å². The molecule has 0 saturated heterocycles. The van der Waals surface area contributed by atoms with Gasteiger partial charge in [-0.25, -0.2) is 15.0 Å². The van der Waals surface area contributed by atoms with Crippen LogP contribution in [0.1, 0.15) is 81.2 Å². The predicted molar refractivity (Wildman–Crippen MR) is 270 cm³/mol. The molecule has 0 spiro atoms. The molecule has 4 nitrogen and oxygen atoms in total. The lowest BCUT2D eigenvalue weighted by molar-refractivity contribution is 0.305. The summed E-state index contributed by atoms with van der Waals surface area (Å²) in [7, 11) is 0.219. The van der Waals surface area contributed by atoms with E-state index in [4.69, 9.17) is 15.0 Å². The van der Waals surface area contributed by atoms with Gasteiger partial charge in [0, 0.05) is 34.7 Å². The first-order valence-corrected chi connectivity index (χ1v) is 23.0. The standard InChI is InChI=1S/C49H54N4S.2C2H6.C2H2/c1-9-12-31-46-36(4)33-43(37(5)35-54(8)11-3)30-21-32-53(39(46)7)38(6)22-19-27-40(10-2)44-28-20-29-45(34-44)49-51-47(41-23-15-13-16-24-41)50-48(52-49)42-25-17-14-18-26-42;3*1-2/h9-20,22-31,33-34,39H,5,21,32,35H2,1-4,6-8H3;2*1-2H3;1-2H/b12-9-,27-19-,36-33-,38-22+,40-10+,43-30+,46-31-;;;. The summed E-state index contributed by atoms with van der Waals surface area (Å²) in [5, 5.41) is 2.29. The molecule has 0 saturated carbocycles. The van der Waals surface area contributed by atoms with Gasteiger partial charge in [0.1, 0.15) is 0 Å². The number of benzene rings is 3. The van der Waals surface area contributed by atoms with E-state index in [0.29, 0.717) is 17.5 Å². The maximum atomic E-state index is 4.95. The number of aromatic nitrogens is 3. The molecule has 0 N–H and O–H groups in total. The molecule has 2 unspecified atom stereocenters. The minimum absolute atomic E-state index is 0.202. The van der Waals surface area contributed by atoms with E-state index in [9.17, 15) is 0 Å². The van der Waals surface area contributed by atoms with Gasteiger partial charge in [0.05, 0.1) is 6.04 Å². The van der Waals surface area contributed by atoms with Crippen molar-refractivity contribution in [1.82, 2.24) is 19.9 Å². The van der Waals surface area contributed by atoms with E-state index in [0.717, 1.165) is 46.5 Å². The minimum atomic E-state index is 0.202. The van der Waals surface area contributed by atoms with E-state index in [1.54, 1.807) is 0 Å². The molecule has 5 rings (SSSR count). The van der Waals surface area contributed by atoms with Crippen LogP contribution < -0.4 is 0 Å². The van der Waals surface area contributed by atoms with E-state index in [1.807, 2.05) is 88.4 Å². The van der Waals surface area contributed by atoms with Gasteiger partial charge in [0.2, 0.25) is 0 Å². The van der Waals surface area contributed by atoms with Crippen molar-refractivity contribution in [2.75, 3.05) is 18.6 Å². The van der Waals surface area contributed by atoms with Gasteiger partial charge < -0.3 is 4.90 Å². The average Bonchev–Trinajstić information content (AvgIpc) is 3.36. The van der Waals surface area contributed by atoms with Gasteiger partial charge >= 0.3 is 0 Å². The van der Waals surface area contributed by atoms with Crippen LogP contribution in [-0.4, -0.2) is 49.8 Å². The van der Waals surface area contributed by atoms with Crippen molar-refractivity contribution in [2.45, 2.75) is 81.7 Å². The summed E-state index contributed by atoms with van der Waals surface area (Å²) >= 11 is 0. The molecule has 1 aliphatic heterocycles. The van der Waals surface area contributed by atoms with E-state index in [1.165, 1.54) is 28.0 Å². The predicted octanol–water partition coefficient (Wildman–Crippen LogP) is 14.8. The summed E-state index contributed by atoms with van der Waals surface area (Å²) in [6, 6.07) is 28.9. The maximum Gasteiger partial charge on any atom is 0.164 e. The zero-order valence-electron chi connectivity index (χ0n) is 38.1. The molecule has 60 heavy (non-hydrogen) atoms. The number of hydrogen-bond acceptors (Lipinski definition) is 4. The Kier molecular flexibility index (Phi) is 23.3. The van der Waals surface area contributed by atoms with Crippen LogP contribution in [0.2, 0.25) is 0 Å². The molecule has 0 amide bonds. The third kappa shape index (κ3) is 14.8. The molecule has 5 heteroatoms. The monoisotopic (exact) mass is 817 g/mol. The van der Waals surface area contributed by atoms with Crippen molar-refractivity contribution in [3.8, 4) is 47.0 Å². The highest BCUT2D eigenvalue weighted by Crippen LogP contribution is 2.30. The highest BCUT2D eigenvalue weighted by molar-refractivity contribution is 8.14. The van der Waals surface area contributed by atoms with Crippen LogP contribution in [0, 0.1) is 12.8 Å². The van der Waals surface area contributed by atoms with Crippen molar-refractivity contribution in [3.05, 3.63) is 180 Å². The second-order valence-electron chi connectivity index (χ2n) is 13.5. The van der Waals surface area contributed by atoms with Crippen LogP contribution in [0.4, 0.5) is 0 Å². The summed E-state index contributed by atoms with van der Waals surface area (Å²) in [5.74, 6) is 2.95. The highest BCUT2D eigenvalue weighted by atomic mass is 32.2. The Labute approximate surface area is 366 Å². The van der Waals surface area contributed by atoms with E-state index < -0.39 is 0 Å². The zero-order chi connectivity index (χ0) is 44.5. The molecular weight excluding hydrogens is 749 g/mol. The SMILES string of the molecule is C#C.C=C(C/S(C)=C\C)C1=C/CCN(/C(C)=C/C=C\C(=C/C)c2cccc(-c3nc(-c4ccccc4)nc(-c4ccccc4)n3)c2)C(C)C(=C\C=C/C)/C(C)=C\1.CC.CC. The Hall–Kier alpha value is -5.83. The summed E-state index contributed by atoms with van der Waals surface area (Å²) < 4.78 is 0. The number of hydrogen-bond donors (Lipinski definition) is 0. The topological polar surface area (TPSA) is 41.9 Å². The Balaban J connectivity index is 0.00000198. The lowest BCUT2D eigenvalue weighted by Crippen LogP contribution is -2.34. The fourth-order valence-corrected chi connectivity index (χ4v) is 7.47. The Morgan fingerprint density at radius 2 is 1.37 bits per heavy atom. The number of terminal acetylenes is 1. The lowest BCUT2D eigenvalue weighted by Gasteiger charge is -2.33. The second kappa shape index (κ2) is 27.8. The van der Waals surface area contributed by atoms with Crippen LogP contribution in [0.3, 0.4) is 0 Å². The summed E-state index contributed by atoms with van der Waals surface area (Å²) in [6.45, 7) is 26.5. The van der Waals surface area contributed by atoms with Gasteiger partial charge in [0.25, 0.3) is 0 Å². The molecule has 3 aromatic carbocycles. The van der Waals surface area contributed by atoms with Crippen molar-refractivity contribution >= 4 is 21.4 Å². The van der Waals surface area contributed by atoms with Gasteiger partial charge in [-0.2, -0.15) is 10.5 Å². The Bertz CT molecular complexity index is 2170. The third-order valence-electron chi connectivity index (χ3n) is 9.69. The molecule has 4 aromatic rings. The largest absolute Gasteiger partial charge is 0.368 e. The van der Waals surface area contributed by atoms with E-state index in [2.05, 4.69) is 156 Å². The number of rotatable bonds is 11. The van der Waals surface area contributed by atoms with Crippen molar-refractivity contribution in [2.24, 2.45) is 0 Å². The normalized spacial score (nSPS) is 17.6. The molecule has 314 valence electrons. The lowest BCUT2D eigenvalue weighted by atomic mass is 9.95. The zero-order valence-corrected chi connectivity index (χ0v) is 38.9. The first kappa shape index (κ1) is 50.3. The van der Waals surface area contributed by atoms with Gasteiger partial charge in [0.15, 0.2) is 17.5 Å². The summed E-state index contributed by atoms with van der Waals surface area (Å²) in [4.78, 5) is 17.3. The first-order valence-electron chi connectivity index (χ1n) is 21.1. The average molecular weight is 817 g/mol. The number of nitrogens with zero attached hydrogens (tertiary/aromatic N) is 4. The van der Waals surface area contributed by atoms with Crippen LogP contribution in [0.15, 0.2) is 174 Å². The molecule has 0 aliphatic carbocycles. The van der Waals surface area contributed by atoms with Crippen LogP contribution in [0.25, 0.3) is 39.7 Å². The number of allylic oxidation sites excluding steroid dienone is 11. The Morgan fingerprint density at radius 1 is 0.817 bits per heavy atom. The molecule has 2 heterocycles. The Morgan fingerprint density at radius 3 is 1.90 bits per heavy atom. The van der Waals surface area contributed by atoms with Crippen LogP contribution >= 0.6 is 10.5 Å². The molecule has 2 atom stereocenters. The fraction of sp³-hybridized carbons (Fsp3) is 0.273. The molecule has 0 radical (unpaired) electrons. The molecule has 1 aliphatic rings. The van der Waals surface area contributed by atoms with Crippen LogP contribution in [-0.2, 0) is 0 Å². The van der Waals surface area contributed by atoms with E-state index >= 15 is 0 Å². The van der Waals surface area contributed by atoms with Crippen molar-refractivity contribution < 1.29 is 0 Å². The smallest absolute Gasteiger partial charge is 0.164 e. The molecular formula is C55H68N4S. The molecule has 0 fully saturated rings. The quantitative estimate of drug-likeness (QED) is 0.0859. The maximum absolute atomic E-state index is 4.95. The summed E-state index contributed by atoms with van der Waals surface area (Å²) in [5.41, 5.74) is 11.4. The van der Waals surface area contributed by atoms with Crippen molar-refractivity contribution in [3.63, 3.8) is 0 Å². The van der Waals surface area contributed by atoms with Gasteiger partial charge in [-0.15, -0.1) is 12.8 Å². The van der Waals surface area contributed by atoms with E-state index in [-0.39, 0.29) is 16.5 Å². The van der Waals surface area contributed by atoms with Crippen molar-refractivity contribution in [1.29, 1.82) is 0 Å². The van der Waals surface area contributed by atoms with Gasteiger partial charge in [-0.05, 0) is 99.8 Å². The highest BCUT2D eigenvalue weighted by Gasteiger charge is 2.21. The van der Waals surface area contributed by atoms with Crippen LogP contribution in [0.5, 0.6) is 0 Å².